The molecule has 0 bridgehead atoms. The van der Waals surface area contributed by atoms with Crippen molar-refractivity contribution in [2.45, 2.75) is 39.7 Å². The molecular weight excluding hydrogens is 398 g/mol. The maximum atomic E-state index is 13.0. The van der Waals surface area contributed by atoms with E-state index in [-0.39, 0.29) is 17.5 Å². The number of aromatic nitrogens is 1. The molecule has 1 aromatic carbocycles. The van der Waals surface area contributed by atoms with Crippen LogP contribution in [0.15, 0.2) is 29.1 Å². The first-order valence-electron chi connectivity index (χ1n) is 10.5. The number of fused-ring (bicyclic) bond motifs is 3. The van der Waals surface area contributed by atoms with Crippen molar-refractivity contribution in [2.75, 3.05) is 26.7 Å². The van der Waals surface area contributed by atoms with Crippen LogP contribution in [0.5, 0.6) is 5.75 Å². The van der Waals surface area contributed by atoms with Crippen LogP contribution in [0.3, 0.4) is 0 Å². The summed E-state index contributed by atoms with van der Waals surface area (Å²) in [7, 11) is 3.26. The van der Waals surface area contributed by atoms with Gasteiger partial charge in [-0.1, -0.05) is 32.0 Å². The lowest BCUT2D eigenvalue weighted by atomic mass is 10.1. The predicted octanol–water partition coefficient (Wildman–Crippen LogP) is 4.00. The molecule has 0 fully saturated rings. The lowest BCUT2D eigenvalue weighted by Gasteiger charge is -2.19. The molecule has 1 N–H and O–H groups in total. The van der Waals surface area contributed by atoms with Crippen molar-refractivity contribution in [3.63, 3.8) is 0 Å². The number of hydrogen-bond donors (Lipinski definition) is 1. The summed E-state index contributed by atoms with van der Waals surface area (Å²) in [6.07, 6.45) is 1.93. The van der Waals surface area contributed by atoms with Crippen molar-refractivity contribution in [3.05, 3.63) is 39.5 Å². The van der Waals surface area contributed by atoms with Gasteiger partial charge in [0, 0.05) is 18.5 Å². The third-order valence-corrected chi connectivity index (χ3v) is 6.89. The van der Waals surface area contributed by atoms with Crippen LogP contribution in [0, 0.1) is 0 Å². The number of ether oxygens (including phenoxy) is 1. The quantitative estimate of drug-likeness (QED) is 0.558. The largest absolute Gasteiger partial charge is 0.494 e. The first-order chi connectivity index (χ1) is 14.4. The molecule has 3 rings (SSSR count). The Bertz CT molecular complexity index is 1100. The van der Waals surface area contributed by atoms with Crippen LogP contribution in [0.2, 0.25) is 0 Å². The molecule has 0 aliphatic carbocycles. The second kappa shape index (κ2) is 9.62. The van der Waals surface area contributed by atoms with Crippen molar-refractivity contribution in [3.8, 4) is 5.75 Å². The highest BCUT2D eigenvalue weighted by molar-refractivity contribution is 7.22. The van der Waals surface area contributed by atoms with E-state index in [1.165, 1.54) is 18.4 Å². The molecule has 7 heteroatoms. The number of benzene rings is 1. The van der Waals surface area contributed by atoms with E-state index in [1.807, 2.05) is 31.2 Å². The summed E-state index contributed by atoms with van der Waals surface area (Å²) in [4.78, 5) is 28.9. The van der Waals surface area contributed by atoms with Crippen LogP contribution in [-0.2, 0) is 7.05 Å². The zero-order valence-corrected chi connectivity index (χ0v) is 19.3. The van der Waals surface area contributed by atoms with Crippen molar-refractivity contribution >= 4 is 38.2 Å². The van der Waals surface area contributed by atoms with E-state index >= 15 is 0 Å². The number of pyridine rings is 1. The Morgan fingerprint density at radius 1 is 1.27 bits per heavy atom. The number of methoxy groups -OCH3 is 1. The fourth-order valence-electron chi connectivity index (χ4n) is 3.90. The van der Waals surface area contributed by atoms with E-state index in [9.17, 15) is 9.59 Å². The van der Waals surface area contributed by atoms with Gasteiger partial charge in [0.1, 0.15) is 10.3 Å². The molecule has 0 aliphatic rings. The highest BCUT2D eigenvalue weighted by Gasteiger charge is 2.25. The van der Waals surface area contributed by atoms with Crippen LogP contribution in [0.1, 0.15) is 43.3 Å². The number of para-hydroxylation sites is 1. The first-order valence-corrected chi connectivity index (χ1v) is 11.4. The van der Waals surface area contributed by atoms with Gasteiger partial charge in [-0.3, -0.25) is 9.59 Å². The molecule has 1 amide bonds. The second-order valence-corrected chi connectivity index (χ2v) is 8.61. The second-order valence-electron chi connectivity index (χ2n) is 7.59. The van der Waals surface area contributed by atoms with Gasteiger partial charge in [-0.15, -0.1) is 11.3 Å². The molecule has 1 atom stereocenters. The number of hydrogen-bond acceptors (Lipinski definition) is 5. The predicted molar refractivity (Wildman–Crippen MR) is 125 cm³/mol. The van der Waals surface area contributed by atoms with E-state index in [0.29, 0.717) is 16.0 Å². The molecule has 0 saturated carbocycles. The van der Waals surface area contributed by atoms with Gasteiger partial charge in [-0.05, 0) is 45.5 Å². The minimum Gasteiger partial charge on any atom is -0.494 e. The number of rotatable bonds is 9. The molecule has 0 radical (unpaired) electrons. The van der Waals surface area contributed by atoms with Gasteiger partial charge < -0.3 is 19.5 Å². The maximum Gasteiger partial charge on any atom is 0.265 e. The molecule has 2 aromatic heterocycles. The number of amides is 1. The van der Waals surface area contributed by atoms with Crippen molar-refractivity contribution in [2.24, 2.45) is 7.05 Å². The Morgan fingerprint density at radius 3 is 2.63 bits per heavy atom. The molecule has 1 unspecified atom stereocenters. The molecule has 162 valence electrons. The van der Waals surface area contributed by atoms with Crippen LogP contribution < -0.4 is 15.6 Å². The molecule has 0 spiro atoms. The van der Waals surface area contributed by atoms with Gasteiger partial charge >= 0.3 is 0 Å². The lowest BCUT2D eigenvalue weighted by molar-refractivity contribution is 0.0939. The standard InChI is InChI=1S/C23H31N3O3S/c1-6-26(7-2)14-10-11-15(3)24-22(27)21-19(29-5)18-20(30-21)16-12-8-9-13-17(16)25(4)23(18)28/h8-9,12-13,15H,6-7,10-11,14H2,1-5H3,(H,24,27). The Hall–Kier alpha value is -2.38. The van der Waals surface area contributed by atoms with E-state index in [0.717, 1.165) is 48.1 Å². The third kappa shape index (κ3) is 4.23. The van der Waals surface area contributed by atoms with Gasteiger partial charge in [-0.25, -0.2) is 0 Å². The van der Waals surface area contributed by atoms with E-state index in [2.05, 4.69) is 24.1 Å². The molecule has 6 nitrogen and oxygen atoms in total. The van der Waals surface area contributed by atoms with Gasteiger partial charge in [0.2, 0.25) is 0 Å². The van der Waals surface area contributed by atoms with E-state index in [4.69, 9.17) is 4.74 Å². The van der Waals surface area contributed by atoms with Gasteiger partial charge in [-0.2, -0.15) is 0 Å². The van der Waals surface area contributed by atoms with Crippen LogP contribution in [0.25, 0.3) is 21.0 Å². The number of nitrogens with one attached hydrogen (secondary N) is 1. The van der Waals surface area contributed by atoms with Crippen molar-refractivity contribution in [1.82, 2.24) is 14.8 Å². The van der Waals surface area contributed by atoms with Gasteiger partial charge in [0.05, 0.1) is 17.3 Å². The topological polar surface area (TPSA) is 63.6 Å². The van der Waals surface area contributed by atoms with Crippen LogP contribution in [-0.4, -0.2) is 48.2 Å². The Morgan fingerprint density at radius 2 is 1.97 bits per heavy atom. The summed E-state index contributed by atoms with van der Waals surface area (Å²) in [6.45, 7) is 9.46. The summed E-state index contributed by atoms with van der Waals surface area (Å²) in [5, 5.41) is 4.51. The smallest absolute Gasteiger partial charge is 0.265 e. The maximum absolute atomic E-state index is 13.0. The summed E-state index contributed by atoms with van der Waals surface area (Å²) >= 11 is 1.33. The average molecular weight is 430 g/mol. The summed E-state index contributed by atoms with van der Waals surface area (Å²) in [5.74, 6) is 0.184. The molecule has 30 heavy (non-hydrogen) atoms. The SMILES string of the molecule is CCN(CC)CCCC(C)NC(=O)c1sc2c(c1OC)c(=O)n(C)c1ccccc21. The van der Waals surface area contributed by atoms with Gasteiger partial charge in [0.25, 0.3) is 11.5 Å². The molecule has 0 aliphatic heterocycles. The molecular formula is C23H31N3O3S. The zero-order valence-electron chi connectivity index (χ0n) is 18.4. The first kappa shape index (κ1) is 22.3. The number of carbonyl (C=O) groups excluding carboxylic acids is 1. The monoisotopic (exact) mass is 429 g/mol. The third-order valence-electron chi connectivity index (χ3n) is 5.69. The summed E-state index contributed by atoms with van der Waals surface area (Å²) in [6, 6.07) is 7.79. The molecule has 2 heterocycles. The highest BCUT2D eigenvalue weighted by atomic mass is 32.1. The number of carbonyl (C=O) groups is 1. The normalized spacial score (nSPS) is 12.6. The minimum absolute atomic E-state index is 0.0440. The highest BCUT2D eigenvalue weighted by Crippen LogP contribution is 2.39. The average Bonchev–Trinajstić information content (AvgIpc) is 3.15. The number of thiophene rings is 1. The number of aryl methyl sites for hydroxylation is 1. The zero-order chi connectivity index (χ0) is 21.8. The molecule has 0 saturated heterocycles. The van der Waals surface area contributed by atoms with Crippen LogP contribution >= 0.6 is 11.3 Å². The van der Waals surface area contributed by atoms with Crippen LogP contribution in [0.4, 0.5) is 0 Å². The number of nitrogens with zero attached hydrogens (tertiary/aromatic N) is 2. The Balaban J connectivity index is 1.89. The summed E-state index contributed by atoms with van der Waals surface area (Å²) < 4.78 is 7.97. The van der Waals surface area contributed by atoms with Gasteiger partial charge in [0.15, 0.2) is 5.75 Å². The molecule has 3 aromatic rings. The Kier molecular flexibility index (Phi) is 7.15. The fourth-order valence-corrected chi connectivity index (χ4v) is 5.10. The van der Waals surface area contributed by atoms with E-state index in [1.54, 1.807) is 11.6 Å². The fraction of sp³-hybridized carbons (Fsp3) is 0.478. The lowest BCUT2D eigenvalue weighted by Crippen LogP contribution is -2.33. The summed E-state index contributed by atoms with van der Waals surface area (Å²) in [5.41, 5.74) is 0.693. The van der Waals surface area contributed by atoms with Crippen molar-refractivity contribution < 1.29 is 9.53 Å². The minimum atomic E-state index is -0.186. The van der Waals surface area contributed by atoms with Crippen molar-refractivity contribution in [1.29, 1.82) is 0 Å². The Labute approximate surface area is 181 Å². The van der Waals surface area contributed by atoms with E-state index < -0.39 is 0 Å².